The third kappa shape index (κ3) is 2.92. The molecule has 0 aliphatic rings. The zero-order valence-electron chi connectivity index (χ0n) is 11.7. The smallest absolute Gasteiger partial charge is 0.853 e. The van der Waals surface area contributed by atoms with Crippen LogP contribution in [0.25, 0.3) is 21.8 Å². The molecular formula is C16H16NNaO2. The molecule has 0 N–H and O–H groups in total. The minimum atomic E-state index is -0.173. The maximum Gasteiger partial charge on any atom is 1.00 e. The van der Waals surface area contributed by atoms with Crippen LogP contribution in [0.4, 0.5) is 0 Å². The van der Waals surface area contributed by atoms with Gasteiger partial charge in [0.2, 0.25) is 0 Å². The van der Waals surface area contributed by atoms with Crippen LogP contribution in [0.5, 0.6) is 0 Å². The van der Waals surface area contributed by atoms with Crippen LogP contribution in [0, 0.1) is 0 Å². The van der Waals surface area contributed by atoms with Crippen molar-refractivity contribution in [1.29, 1.82) is 0 Å². The number of nitrogens with zero attached hydrogens (tertiary/aromatic N) is 1. The molecule has 0 atom stereocenters. The molecule has 0 fully saturated rings. The number of benzene rings is 2. The third-order valence-electron chi connectivity index (χ3n) is 3.37. The van der Waals surface area contributed by atoms with Crippen LogP contribution in [0.3, 0.4) is 0 Å². The fourth-order valence-electron chi connectivity index (χ4n) is 2.56. The first kappa shape index (κ1) is 15.5. The molecule has 98 valence electrons. The van der Waals surface area contributed by atoms with Crippen molar-refractivity contribution in [3.05, 3.63) is 48.5 Å². The molecule has 0 saturated heterocycles. The molecule has 0 spiro atoms. The van der Waals surface area contributed by atoms with Crippen LogP contribution in [0.15, 0.2) is 48.5 Å². The molecule has 3 aromatic rings. The van der Waals surface area contributed by atoms with E-state index in [9.17, 15) is 5.11 Å². The zero-order chi connectivity index (χ0) is 13.1. The Hall–Kier alpha value is -0.840. The van der Waals surface area contributed by atoms with Gasteiger partial charge in [-0.25, -0.2) is 0 Å². The van der Waals surface area contributed by atoms with Gasteiger partial charge in [0.1, 0.15) is 0 Å². The standard InChI is InChI=1S/C16H16NO2.Na/c18-10-12-19-11-9-17-15-7-3-1-5-13(15)14-6-2-4-8-16(14)17;/h1-8H,9-12H2;/q-1;+1. The summed E-state index contributed by atoms with van der Waals surface area (Å²) in [5.74, 6) is 0. The van der Waals surface area contributed by atoms with Crippen LogP contribution >= 0.6 is 0 Å². The average molecular weight is 277 g/mol. The quantitative estimate of drug-likeness (QED) is 0.451. The van der Waals surface area contributed by atoms with E-state index in [0.717, 1.165) is 6.54 Å². The largest absolute Gasteiger partial charge is 1.00 e. The van der Waals surface area contributed by atoms with Gasteiger partial charge < -0.3 is 14.4 Å². The molecule has 3 rings (SSSR count). The van der Waals surface area contributed by atoms with Crippen molar-refractivity contribution in [3.63, 3.8) is 0 Å². The van der Waals surface area contributed by atoms with Crippen molar-refractivity contribution in [3.8, 4) is 0 Å². The topological polar surface area (TPSA) is 37.2 Å². The second-order valence-electron chi connectivity index (χ2n) is 4.50. The number of aromatic nitrogens is 1. The molecule has 2 aromatic carbocycles. The Morgan fingerprint density at radius 2 is 1.40 bits per heavy atom. The molecule has 1 heterocycles. The average Bonchev–Trinajstić information content (AvgIpc) is 2.78. The summed E-state index contributed by atoms with van der Waals surface area (Å²) >= 11 is 0. The number of rotatable bonds is 5. The Morgan fingerprint density at radius 3 is 1.95 bits per heavy atom. The van der Waals surface area contributed by atoms with Gasteiger partial charge in [-0.2, -0.15) is 0 Å². The summed E-state index contributed by atoms with van der Waals surface area (Å²) in [6, 6.07) is 16.8. The Labute approximate surface area is 140 Å². The minimum Gasteiger partial charge on any atom is -0.853 e. The molecular weight excluding hydrogens is 261 g/mol. The van der Waals surface area contributed by atoms with E-state index in [1.165, 1.54) is 21.8 Å². The van der Waals surface area contributed by atoms with E-state index in [2.05, 4.69) is 53.1 Å². The summed E-state index contributed by atoms with van der Waals surface area (Å²) in [6.07, 6.45) is 0. The Balaban J connectivity index is 0.00000147. The summed E-state index contributed by atoms with van der Waals surface area (Å²) in [4.78, 5) is 0. The predicted molar refractivity (Wildman–Crippen MR) is 75.1 cm³/mol. The third-order valence-corrected chi connectivity index (χ3v) is 3.37. The van der Waals surface area contributed by atoms with Gasteiger partial charge in [-0.05, 0) is 12.1 Å². The molecule has 0 radical (unpaired) electrons. The summed E-state index contributed by atoms with van der Waals surface area (Å²) < 4.78 is 7.58. The SMILES string of the molecule is [Na+].[O-]CCOCCn1c2ccccc2c2ccccc21. The molecule has 0 saturated carbocycles. The van der Waals surface area contributed by atoms with Crippen molar-refractivity contribution < 1.29 is 39.4 Å². The maximum atomic E-state index is 10.4. The van der Waals surface area contributed by atoms with Gasteiger partial charge in [0, 0.05) is 35.0 Å². The van der Waals surface area contributed by atoms with Crippen LogP contribution in [-0.4, -0.2) is 24.4 Å². The number of hydrogen-bond acceptors (Lipinski definition) is 2. The number of ether oxygens (including phenoxy) is 1. The van der Waals surface area contributed by atoms with E-state index >= 15 is 0 Å². The summed E-state index contributed by atoms with van der Waals surface area (Å²) in [6.45, 7) is 1.46. The molecule has 0 amide bonds. The number of para-hydroxylation sites is 2. The van der Waals surface area contributed by atoms with Gasteiger partial charge in [0.05, 0.1) is 6.61 Å². The molecule has 0 unspecified atom stereocenters. The van der Waals surface area contributed by atoms with Gasteiger partial charge in [0.15, 0.2) is 0 Å². The Kier molecular flexibility index (Phi) is 5.64. The van der Waals surface area contributed by atoms with Crippen LogP contribution < -0.4 is 34.7 Å². The van der Waals surface area contributed by atoms with Gasteiger partial charge in [0.25, 0.3) is 0 Å². The minimum absolute atomic E-state index is 0. The summed E-state index contributed by atoms with van der Waals surface area (Å²) in [5, 5.41) is 12.9. The van der Waals surface area contributed by atoms with Gasteiger partial charge in [-0.3, -0.25) is 0 Å². The summed E-state index contributed by atoms with van der Waals surface area (Å²) in [5.41, 5.74) is 2.43. The first-order valence-corrected chi connectivity index (χ1v) is 6.53. The van der Waals surface area contributed by atoms with E-state index < -0.39 is 0 Å². The van der Waals surface area contributed by atoms with Gasteiger partial charge in [-0.1, -0.05) is 36.4 Å². The van der Waals surface area contributed by atoms with Crippen LogP contribution in [-0.2, 0) is 11.3 Å². The van der Waals surface area contributed by atoms with E-state index in [-0.39, 0.29) is 42.8 Å². The monoisotopic (exact) mass is 277 g/mol. The summed E-state index contributed by atoms with van der Waals surface area (Å²) in [7, 11) is 0. The predicted octanol–water partition coefficient (Wildman–Crippen LogP) is -0.825. The fraction of sp³-hybridized carbons (Fsp3) is 0.250. The van der Waals surface area contributed by atoms with E-state index in [1.807, 2.05) is 0 Å². The van der Waals surface area contributed by atoms with E-state index in [0.29, 0.717) is 6.61 Å². The molecule has 20 heavy (non-hydrogen) atoms. The number of fused-ring (bicyclic) bond motifs is 3. The molecule has 0 aliphatic heterocycles. The maximum absolute atomic E-state index is 10.4. The van der Waals surface area contributed by atoms with Crippen molar-refractivity contribution in [2.24, 2.45) is 0 Å². The van der Waals surface area contributed by atoms with Crippen LogP contribution in [0.2, 0.25) is 0 Å². The van der Waals surface area contributed by atoms with Crippen LogP contribution in [0.1, 0.15) is 0 Å². The van der Waals surface area contributed by atoms with E-state index in [1.54, 1.807) is 0 Å². The van der Waals surface area contributed by atoms with E-state index in [4.69, 9.17) is 4.74 Å². The first-order chi connectivity index (χ1) is 9.42. The molecule has 0 aliphatic carbocycles. The second-order valence-corrected chi connectivity index (χ2v) is 4.50. The molecule has 1 aromatic heterocycles. The van der Waals surface area contributed by atoms with Crippen molar-refractivity contribution in [2.75, 3.05) is 19.8 Å². The Bertz CT molecular complexity index is 640. The molecule has 3 nitrogen and oxygen atoms in total. The van der Waals surface area contributed by atoms with Gasteiger partial charge in [-0.15, -0.1) is 6.61 Å². The normalized spacial score (nSPS) is 10.8. The number of hydrogen-bond donors (Lipinski definition) is 0. The first-order valence-electron chi connectivity index (χ1n) is 6.53. The fourth-order valence-corrected chi connectivity index (χ4v) is 2.56. The molecule has 4 heteroatoms. The van der Waals surface area contributed by atoms with Gasteiger partial charge >= 0.3 is 29.6 Å². The molecule has 0 bridgehead atoms. The van der Waals surface area contributed by atoms with Crippen molar-refractivity contribution in [1.82, 2.24) is 4.57 Å². The van der Waals surface area contributed by atoms with Crippen molar-refractivity contribution >= 4 is 21.8 Å². The zero-order valence-corrected chi connectivity index (χ0v) is 13.7. The second kappa shape index (κ2) is 7.25. The Morgan fingerprint density at radius 1 is 0.850 bits per heavy atom. The van der Waals surface area contributed by atoms with Crippen molar-refractivity contribution in [2.45, 2.75) is 6.54 Å².